The van der Waals surface area contributed by atoms with Crippen molar-refractivity contribution in [3.63, 3.8) is 0 Å². The molecule has 1 saturated carbocycles. The van der Waals surface area contributed by atoms with Crippen LogP contribution in [0.4, 0.5) is 0 Å². The van der Waals surface area contributed by atoms with Crippen LogP contribution in [0.25, 0.3) is 0 Å². The van der Waals surface area contributed by atoms with Gasteiger partial charge in [-0.25, -0.2) is 0 Å². The molecule has 2 rings (SSSR count). The van der Waals surface area contributed by atoms with Crippen LogP contribution in [0.15, 0.2) is 0 Å². The number of morpholine rings is 1. The largest absolute Gasteiger partial charge is 0.379 e. The molecule has 3 unspecified atom stereocenters. The molecule has 1 aliphatic carbocycles. The van der Waals surface area contributed by atoms with Crippen molar-refractivity contribution in [2.24, 2.45) is 11.8 Å². The first-order valence-electron chi connectivity index (χ1n) is 7.99. The molecule has 116 valence electrons. The van der Waals surface area contributed by atoms with E-state index in [1.54, 1.807) is 0 Å². The number of hydrogen-bond donors (Lipinski definition) is 1. The van der Waals surface area contributed by atoms with E-state index >= 15 is 0 Å². The lowest BCUT2D eigenvalue weighted by Gasteiger charge is -2.35. The Morgan fingerprint density at radius 1 is 1.30 bits per heavy atom. The Morgan fingerprint density at radius 2 is 2.05 bits per heavy atom. The lowest BCUT2D eigenvalue weighted by molar-refractivity contribution is -0.0275. The summed E-state index contributed by atoms with van der Waals surface area (Å²) in [5.41, 5.74) is 0.317. The molecule has 20 heavy (non-hydrogen) atoms. The molecule has 0 radical (unpaired) electrons. The Bertz CT molecular complexity index is 298. The van der Waals surface area contributed by atoms with Gasteiger partial charge < -0.3 is 9.47 Å². The van der Waals surface area contributed by atoms with E-state index in [0.717, 1.165) is 45.4 Å². The molecule has 0 aromatic rings. The minimum atomic E-state index is 0.317. The summed E-state index contributed by atoms with van der Waals surface area (Å²) in [6, 6.07) is 0. The zero-order valence-corrected chi connectivity index (χ0v) is 13.8. The molecular weight excluding hydrogens is 271 g/mol. The van der Waals surface area contributed by atoms with E-state index in [-0.39, 0.29) is 0 Å². The highest BCUT2D eigenvalue weighted by Crippen LogP contribution is 2.31. The van der Waals surface area contributed by atoms with Crippen LogP contribution in [-0.4, -0.2) is 56.1 Å². The number of nitrogens with one attached hydrogen (secondary N) is 1. The molecule has 1 N–H and O–H groups in total. The van der Waals surface area contributed by atoms with Crippen LogP contribution >= 0.6 is 8.37 Å². The molecule has 4 atom stereocenters. The minimum absolute atomic E-state index is 0.317. The van der Waals surface area contributed by atoms with Crippen LogP contribution in [0.5, 0.6) is 0 Å². The van der Waals surface area contributed by atoms with E-state index in [1.807, 2.05) is 0 Å². The van der Waals surface area contributed by atoms with Crippen molar-refractivity contribution in [1.82, 2.24) is 4.90 Å². The monoisotopic (exact) mass is 300 g/mol. The number of ether oxygens (including phenoxy) is 2. The lowest BCUT2D eigenvalue weighted by atomic mass is 9.79. The van der Waals surface area contributed by atoms with E-state index in [1.165, 1.54) is 19.3 Å². The van der Waals surface area contributed by atoms with Crippen molar-refractivity contribution in [3.05, 3.63) is 0 Å². The predicted octanol–water partition coefficient (Wildman–Crippen LogP) is 3.24. The Balaban J connectivity index is 1.73. The van der Waals surface area contributed by atoms with Gasteiger partial charge in [-0.15, -0.1) is 0 Å². The van der Waals surface area contributed by atoms with Gasteiger partial charge in [0.2, 0.25) is 0 Å². The third-order valence-electron chi connectivity index (χ3n) is 4.89. The fourth-order valence-electron chi connectivity index (χ4n) is 3.22. The van der Waals surface area contributed by atoms with Crippen LogP contribution in [-0.2, 0) is 9.47 Å². The highest BCUT2D eigenvalue weighted by Gasteiger charge is 2.28. The molecule has 1 aliphatic heterocycles. The molecule has 5 heteroatoms. The van der Waals surface area contributed by atoms with E-state index in [2.05, 4.69) is 18.7 Å². The normalized spacial score (nSPS) is 34.2. The standard InChI is InChI=1S/C15H29N2O2P/c1-12-4-3-5-15(13(12)2)19-11-14(20-16)10-17-6-8-18-9-7-17/h12-16H,3-11H2,1-2H3/t12?,13?,14-,15?/m0/s1. The summed E-state index contributed by atoms with van der Waals surface area (Å²) in [4.78, 5) is 2.41. The maximum atomic E-state index is 7.72. The number of hydrogen-bond acceptors (Lipinski definition) is 4. The second-order valence-electron chi connectivity index (χ2n) is 6.33. The van der Waals surface area contributed by atoms with Gasteiger partial charge in [-0.05, 0) is 18.3 Å². The fourth-order valence-corrected chi connectivity index (χ4v) is 3.69. The Labute approximate surface area is 124 Å². The minimum Gasteiger partial charge on any atom is -0.379 e. The second kappa shape index (κ2) is 8.43. The number of rotatable bonds is 6. The average Bonchev–Trinajstić information content (AvgIpc) is 2.48. The second-order valence-corrected chi connectivity index (χ2v) is 7.32. The predicted molar refractivity (Wildman–Crippen MR) is 82.6 cm³/mol. The summed E-state index contributed by atoms with van der Waals surface area (Å²) in [5, 5.41) is 7.72. The van der Waals surface area contributed by atoms with Gasteiger partial charge in [0.15, 0.2) is 0 Å². The smallest absolute Gasteiger partial charge is 0.0603 e. The van der Waals surface area contributed by atoms with Gasteiger partial charge in [0.05, 0.1) is 31.6 Å². The van der Waals surface area contributed by atoms with Crippen molar-refractivity contribution in [1.29, 1.82) is 5.16 Å². The summed E-state index contributed by atoms with van der Waals surface area (Å²) in [6.07, 6.45) is 4.25. The summed E-state index contributed by atoms with van der Waals surface area (Å²) >= 11 is 0. The first-order chi connectivity index (χ1) is 9.70. The molecule has 0 aromatic carbocycles. The summed E-state index contributed by atoms with van der Waals surface area (Å²) < 4.78 is 11.5. The molecular formula is C15H29N2O2P. The van der Waals surface area contributed by atoms with Gasteiger partial charge >= 0.3 is 0 Å². The maximum Gasteiger partial charge on any atom is 0.0603 e. The highest BCUT2D eigenvalue weighted by molar-refractivity contribution is 7.26. The van der Waals surface area contributed by atoms with Crippen molar-refractivity contribution >= 4 is 8.37 Å². The average molecular weight is 300 g/mol. The maximum absolute atomic E-state index is 7.72. The van der Waals surface area contributed by atoms with Crippen molar-refractivity contribution in [2.45, 2.75) is 44.9 Å². The Morgan fingerprint density at radius 3 is 2.75 bits per heavy atom. The fraction of sp³-hybridized carbons (Fsp3) is 1.00. The van der Waals surface area contributed by atoms with E-state index in [4.69, 9.17) is 14.6 Å². The first kappa shape index (κ1) is 16.4. The van der Waals surface area contributed by atoms with Crippen LogP contribution in [0.1, 0.15) is 33.1 Å². The van der Waals surface area contributed by atoms with E-state index in [9.17, 15) is 0 Å². The third-order valence-corrected chi connectivity index (χ3v) is 5.57. The summed E-state index contributed by atoms with van der Waals surface area (Å²) in [5.74, 6) is 1.44. The molecule has 1 heterocycles. The van der Waals surface area contributed by atoms with Crippen molar-refractivity contribution in [3.8, 4) is 0 Å². The number of nitrogens with zero attached hydrogens (tertiary/aromatic N) is 1. The Kier molecular flexibility index (Phi) is 6.89. The van der Waals surface area contributed by atoms with Crippen molar-refractivity contribution < 1.29 is 9.47 Å². The van der Waals surface area contributed by atoms with Gasteiger partial charge in [0, 0.05) is 28.0 Å². The van der Waals surface area contributed by atoms with Gasteiger partial charge in [-0.3, -0.25) is 10.1 Å². The van der Waals surface area contributed by atoms with E-state index in [0.29, 0.717) is 26.1 Å². The zero-order valence-electron chi connectivity index (χ0n) is 12.9. The SMILES string of the molecule is CC1CCCC(OC[C@H](CN2CCOCC2)P=N)C1C. The van der Waals surface area contributed by atoms with Crippen LogP contribution < -0.4 is 0 Å². The van der Waals surface area contributed by atoms with Crippen LogP contribution in [0, 0.1) is 17.0 Å². The molecule has 0 amide bonds. The van der Waals surface area contributed by atoms with Crippen LogP contribution in [0.2, 0.25) is 0 Å². The van der Waals surface area contributed by atoms with Crippen LogP contribution in [0.3, 0.4) is 0 Å². The van der Waals surface area contributed by atoms with Gasteiger partial charge in [-0.2, -0.15) is 0 Å². The molecule has 2 fully saturated rings. The summed E-state index contributed by atoms with van der Waals surface area (Å²) in [7, 11) is 0.710. The Hall–Kier alpha value is -0.0200. The first-order valence-corrected chi connectivity index (χ1v) is 8.95. The molecule has 4 nitrogen and oxygen atoms in total. The zero-order chi connectivity index (χ0) is 14.4. The van der Waals surface area contributed by atoms with E-state index < -0.39 is 0 Å². The lowest BCUT2D eigenvalue weighted by Crippen LogP contribution is -2.41. The molecule has 0 bridgehead atoms. The topological polar surface area (TPSA) is 45.6 Å². The van der Waals surface area contributed by atoms with Gasteiger partial charge in [0.1, 0.15) is 0 Å². The van der Waals surface area contributed by atoms with Gasteiger partial charge in [0.25, 0.3) is 0 Å². The quantitative estimate of drug-likeness (QED) is 0.766. The van der Waals surface area contributed by atoms with Crippen molar-refractivity contribution in [2.75, 3.05) is 39.5 Å². The molecule has 1 saturated heterocycles. The highest BCUT2D eigenvalue weighted by atomic mass is 31.1. The molecule has 0 spiro atoms. The van der Waals surface area contributed by atoms with Gasteiger partial charge in [-0.1, -0.05) is 26.7 Å². The molecule has 2 aliphatic rings. The molecule has 0 aromatic heterocycles. The summed E-state index contributed by atoms with van der Waals surface area (Å²) in [6.45, 7) is 10.1. The third kappa shape index (κ3) is 4.77.